The third-order valence-electron chi connectivity index (χ3n) is 3.61. The average Bonchev–Trinajstić information content (AvgIpc) is 2.67. The molecular formula is C18H17NO8S. The van der Waals surface area contributed by atoms with E-state index in [0.717, 1.165) is 24.3 Å². The molecule has 0 aliphatic carbocycles. The van der Waals surface area contributed by atoms with Gasteiger partial charge in [0.2, 0.25) is 0 Å². The van der Waals surface area contributed by atoms with Crippen LogP contribution in [-0.4, -0.2) is 37.8 Å². The van der Waals surface area contributed by atoms with Crippen molar-refractivity contribution in [1.29, 1.82) is 0 Å². The Bertz CT molecular complexity index is 955. The number of benzene rings is 2. The van der Waals surface area contributed by atoms with Crippen molar-refractivity contribution in [3.8, 4) is 0 Å². The predicted molar refractivity (Wildman–Crippen MR) is 96.9 cm³/mol. The van der Waals surface area contributed by atoms with Crippen molar-refractivity contribution in [2.24, 2.45) is 0 Å². The van der Waals surface area contributed by atoms with Gasteiger partial charge >= 0.3 is 5.97 Å². The lowest BCUT2D eigenvalue weighted by Gasteiger charge is -2.16. The molecule has 0 fully saturated rings. The number of non-ortho nitro benzene ring substituents is 1. The van der Waals surface area contributed by atoms with Gasteiger partial charge in [-0.25, -0.2) is 4.79 Å². The second-order valence-electron chi connectivity index (χ2n) is 5.56. The SMILES string of the molecule is CCOC(=O)C(=O)C(Cc1ccccc1)OS(=O)(=O)c1ccc([N+](=O)[O-])cc1. The minimum Gasteiger partial charge on any atom is -0.460 e. The van der Waals surface area contributed by atoms with E-state index in [1.165, 1.54) is 6.92 Å². The van der Waals surface area contributed by atoms with Gasteiger partial charge in [0.05, 0.1) is 16.4 Å². The Morgan fingerprint density at radius 1 is 1.07 bits per heavy atom. The summed E-state index contributed by atoms with van der Waals surface area (Å²) in [6, 6.07) is 12.4. The van der Waals surface area contributed by atoms with E-state index in [-0.39, 0.29) is 23.6 Å². The first-order valence-electron chi connectivity index (χ1n) is 8.17. The summed E-state index contributed by atoms with van der Waals surface area (Å²) in [5, 5.41) is 10.7. The minimum atomic E-state index is -4.47. The van der Waals surface area contributed by atoms with Gasteiger partial charge in [0.15, 0.2) is 6.10 Å². The van der Waals surface area contributed by atoms with E-state index in [1.54, 1.807) is 30.3 Å². The summed E-state index contributed by atoms with van der Waals surface area (Å²) in [5.74, 6) is -2.35. The molecule has 0 saturated carbocycles. The van der Waals surface area contributed by atoms with Crippen LogP contribution in [0.15, 0.2) is 59.5 Å². The summed E-state index contributed by atoms with van der Waals surface area (Å²) in [7, 11) is -4.47. The number of rotatable bonds is 9. The maximum atomic E-state index is 12.5. The van der Waals surface area contributed by atoms with Crippen LogP contribution in [-0.2, 0) is 35.0 Å². The van der Waals surface area contributed by atoms with Crippen LogP contribution in [0.5, 0.6) is 0 Å². The number of nitrogens with zero attached hydrogens (tertiary/aromatic N) is 1. The molecule has 0 radical (unpaired) electrons. The van der Waals surface area contributed by atoms with E-state index in [9.17, 15) is 28.1 Å². The third kappa shape index (κ3) is 5.44. The molecule has 148 valence electrons. The lowest BCUT2D eigenvalue weighted by atomic mass is 10.1. The zero-order chi connectivity index (χ0) is 20.7. The van der Waals surface area contributed by atoms with E-state index in [4.69, 9.17) is 4.18 Å². The summed E-state index contributed by atoms with van der Waals surface area (Å²) in [6.07, 6.45) is -1.81. The summed E-state index contributed by atoms with van der Waals surface area (Å²) in [5.41, 5.74) is 0.270. The van der Waals surface area contributed by atoms with Gasteiger partial charge in [-0.05, 0) is 24.6 Å². The van der Waals surface area contributed by atoms with Crippen molar-refractivity contribution < 1.29 is 31.9 Å². The molecule has 0 saturated heterocycles. The first-order valence-corrected chi connectivity index (χ1v) is 9.58. The largest absolute Gasteiger partial charge is 0.460 e. The predicted octanol–water partition coefficient (Wildman–Crippen LogP) is 2.04. The van der Waals surface area contributed by atoms with Crippen LogP contribution >= 0.6 is 0 Å². The fourth-order valence-electron chi connectivity index (χ4n) is 2.28. The molecule has 0 aliphatic rings. The number of ether oxygens (including phenoxy) is 1. The van der Waals surface area contributed by atoms with E-state index in [2.05, 4.69) is 4.74 Å². The Morgan fingerprint density at radius 2 is 1.68 bits per heavy atom. The van der Waals surface area contributed by atoms with Gasteiger partial charge < -0.3 is 4.74 Å². The molecule has 2 aromatic rings. The molecule has 0 aliphatic heterocycles. The molecule has 1 unspecified atom stereocenters. The lowest BCUT2D eigenvalue weighted by Crippen LogP contribution is -2.36. The molecule has 0 N–H and O–H groups in total. The average molecular weight is 407 g/mol. The van der Waals surface area contributed by atoms with Gasteiger partial charge in [-0.1, -0.05) is 30.3 Å². The van der Waals surface area contributed by atoms with Crippen LogP contribution in [0.3, 0.4) is 0 Å². The van der Waals surface area contributed by atoms with Crippen molar-refractivity contribution in [3.05, 3.63) is 70.3 Å². The quantitative estimate of drug-likeness (QED) is 0.203. The molecule has 0 amide bonds. The highest BCUT2D eigenvalue weighted by atomic mass is 32.2. The number of esters is 1. The van der Waals surface area contributed by atoms with Gasteiger partial charge in [0.1, 0.15) is 0 Å². The van der Waals surface area contributed by atoms with E-state index in [1.807, 2.05) is 0 Å². The van der Waals surface area contributed by atoms with Crippen molar-refractivity contribution in [3.63, 3.8) is 0 Å². The van der Waals surface area contributed by atoms with Gasteiger partial charge in [0, 0.05) is 18.6 Å². The smallest absolute Gasteiger partial charge is 0.377 e. The molecule has 0 spiro atoms. The number of carbonyl (C=O) groups excluding carboxylic acids is 2. The monoisotopic (exact) mass is 407 g/mol. The molecule has 10 heteroatoms. The minimum absolute atomic E-state index is 0.0578. The highest BCUT2D eigenvalue weighted by molar-refractivity contribution is 7.86. The summed E-state index contributed by atoms with van der Waals surface area (Å²) < 4.78 is 34.7. The topological polar surface area (TPSA) is 130 Å². The number of hydrogen-bond donors (Lipinski definition) is 0. The molecular weight excluding hydrogens is 390 g/mol. The molecule has 9 nitrogen and oxygen atoms in total. The highest BCUT2D eigenvalue weighted by Crippen LogP contribution is 2.20. The normalized spacial score (nSPS) is 12.2. The van der Waals surface area contributed by atoms with Crippen molar-refractivity contribution >= 4 is 27.6 Å². The summed E-state index contributed by atoms with van der Waals surface area (Å²) >= 11 is 0. The number of hydrogen-bond acceptors (Lipinski definition) is 8. The van der Waals surface area contributed by atoms with Crippen LogP contribution in [0.25, 0.3) is 0 Å². The van der Waals surface area contributed by atoms with E-state index >= 15 is 0 Å². The van der Waals surface area contributed by atoms with E-state index < -0.39 is 32.9 Å². The fourth-order valence-corrected chi connectivity index (χ4v) is 3.32. The van der Waals surface area contributed by atoms with Crippen molar-refractivity contribution in [1.82, 2.24) is 0 Å². The zero-order valence-corrected chi connectivity index (χ0v) is 15.6. The molecule has 0 heterocycles. The Balaban J connectivity index is 2.30. The molecule has 2 aromatic carbocycles. The van der Waals surface area contributed by atoms with Crippen molar-refractivity contribution in [2.45, 2.75) is 24.3 Å². The second kappa shape index (κ2) is 9.20. The lowest BCUT2D eigenvalue weighted by molar-refractivity contribution is -0.384. The van der Waals surface area contributed by atoms with E-state index in [0.29, 0.717) is 5.56 Å². The van der Waals surface area contributed by atoms with Gasteiger partial charge in [-0.2, -0.15) is 8.42 Å². The number of carbonyl (C=O) groups is 2. The maximum Gasteiger partial charge on any atom is 0.377 e. The summed E-state index contributed by atoms with van der Waals surface area (Å²) in [4.78, 5) is 33.8. The van der Waals surface area contributed by atoms with Crippen LogP contribution in [0.2, 0.25) is 0 Å². The Hall–Kier alpha value is -3.11. The zero-order valence-electron chi connectivity index (χ0n) is 14.8. The Kier molecular flexibility index (Phi) is 6.96. The Morgan fingerprint density at radius 3 is 2.21 bits per heavy atom. The molecule has 1 atom stereocenters. The molecule has 0 aromatic heterocycles. The second-order valence-corrected chi connectivity index (χ2v) is 7.14. The van der Waals surface area contributed by atoms with Crippen LogP contribution < -0.4 is 0 Å². The molecule has 0 bridgehead atoms. The summed E-state index contributed by atoms with van der Waals surface area (Å²) in [6.45, 7) is 1.45. The molecule has 28 heavy (non-hydrogen) atoms. The standard InChI is InChI=1S/C18H17NO8S/c1-2-26-18(21)17(20)16(12-13-6-4-3-5-7-13)27-28(24,25)15-10-8-14(9-11-15)19(22)23/h3-11,16H,2,12H2,1H3. The van der Waals surface area contributed by atoms with Gasteiger partial charge in [-0.3, -0.25) is 19.1 Å². The first kappa shape index (κ1) is 21.2. The van der Waals surface area contributed by atoms with Gasteiger partial charge in [0.25, 0.3) is 21.6 Å². The number of Topliss-reactive ketones (excluding diaryl/α,β-unsaturated/α-hetero) is 1. The van der Waals surface area contributed by atoms with Crippen LogP contribution in [0.1, 0.15) is 12.5 Å². The van der Waals surface area contributed by atoms with Crippen molar-refractivity contribution in [2.75, 3.05) is 6.61 Å². The number of ketones is 1. The maximum absolute atomic E-state index is 12.5. The van der Waals surface area contributed by atoms with Gasteiger partial charge in [-0.15, -0.1) is 0 Å². The first-order chi connectivity index (χ1) is 13.2. The van der Waals surface area contributed by atoms with Crippen LogP contribution in [0, 0.1) is 10.1 Å². The number of nitro benzene ring substituents is 1. The number of nitro groups is 1. The Labute approximate surface area is 161 Å². The third-order valence-corrected chi connectivity index (χ3v) is 4.95. The molecule has 2 rings (SSSR count). The van der Waals surface area contributed by atoms with Crippen LogP contribution in [0.4, 0.5) is 5.69 Å². The fraction of sp³-hybridized carbons (Fsp3) is 0.222. The highest BCUT2D eigenvalue weighted by Gasteiger charge is 2.33.